The number of para-hydroxylation sites is 1. The summed E-state index contributed by atoms with van der Waals surface area (Å²) >= 11 is 6.07. The van der Waals surface area contributed by atoms with Crippen LogP contribution in [-0.4, -0.2) is 5.78 Å². The highest BCUT2D eigenvalue weighted by molar-refractivity contribution is 6.34. The van der Waals surface area contributed by atoms with Crippen LogP contribution < -0.4 is 0 Å². The molecule has 0 aliphatic carbocycles. The van der Waals surface area contributed by atoms with E-state index < -0.39 is 0 Å². The molecule has 1 atom stereocenters. The van der Waals surface area contributed by atoms with Gasteiger partial charge in [0, 0.05) is 11.3 Å². The highest BCUT2D eigenvalue weighted by Gasteiger charge is 2.21. The number of ketones is 1. The lowest BCUT2D eigenvalue weighted by Crippen LogP contribution is -2.13. The Labute approximate surface area is 118 Å². The molecular formula is C16H19ClO2. The van der Waals surface area contributed by atoms with Crippen molar-refractivity contribution in [2.24, 2.45) is 5.92 Å². The molecule has 0 bridgehead atoms. The van der Waals surface area contributed by atoms with E-state index in [1.807, 2.05) is 19.1 Å². The van der Waals surface area contributed by atoms with Gasteiger partial charge in [-0.2, -0.15) is 0 Å². The number of hydrogen-bond acceptors (Lipinski definition) is 2. The first-order chi connectivity index (χ1) is 9.17. The average molecular weight is 279 g/mol. The largest absolute Gasteiger partial charge is 0.451 e. The lowest BCUT2D eigenvalue weighted by molar-refractivity contribution is 0.0882. The second kappa shape index (κ2) is 6.25. The second-order valence-corrected chi connectivity index (χ2v) is 5.29. The van der Waals surface area contributed by atoms with Crippen LogP contribution in [0.25, 0.3) is 11.0 Å². The number of hydrogen-bond donors (Lipinski definition) is 0. The van der Waals surface area contributed by atoms with Crippen molar-refractivity contribution in [3.05, 3.63) is 35.0 Å². The van der Waals surface area contributed by atoms with E-state index in [0.29, 0.717) is 16.4 Å². The molecule has 1 aromatic heterocycles. The molecule has 2 aromatic rings. The van der Waals surface area contributed by atoms with Crippen molar-refractivity contribution in [3.63, 3.8) is 0 Å². The van der Waals surface area contributed by atoms with Crippen molar-refractivity contribution in [2.75, 3.05) is 0 Å². The normalized spacial score (nSPS) is 12.8. The Morgan fingerprint density at radius 2 is 2.16 bits per heavy atom. The lowest BCUT2D eigenvalue weighted by atomic mass is 9.93. The van der Waals surface area contributed by atoms with Gasteiger partial charge in [-0.15, -0.1) is 0 Å². The summed E-state index contributed by atoms with van der Waals surface area (Å²) in [5.74, 6) is 0.591. The van der Waals surface area contributed by atoms with E-state index in [4.69, 9.17) is 16.0 Å². The predicted molar refractivity (Wildman–Crippen MR) is 78.9 cm³/mol. The summed E-state index contributed by atoms with van der Waals surface area (Å²) in [5, 5.41) is 1.44. The van der Waals surface area contributed by atoms with Crippen molar-refractivity contribution in [1.29, 1.82) is 0 Å². The number of unbranched alkanes of at least 4 members (excludes halogenated alkanes) is 1. The van der Waals surface area contributed by atoms with E-state index in [1.165, 1.54) is 0 Å². The Morgan fingerprint density at radius 3 is 2.79 bits per heavy atom. The van der Waals surface area contributed by atoms with Crippen LogP contribution in [0.4, 0.5) is 0 Å². The maximum Gasteiger partial charge on any atom is 0.201 e. The van der Waals surface area contributed by atoms with Crippen LogP contribution in [0.5, 0.6) is 0 Å². The fourth-order valence-electron chi connectivity index (χ4n) is 2.32. The number of fused-ring (bicyclic) bond motifs is 1. The average Bonchev–Trinajstić information content (AvgIpc) is 2.85. The zero-order valence-corrected chi connectivity index (χ0v) is 12.2. The Balaban J connectivity index is 2.27. The van der Waals surface area contributed by atoms with Crippen LogP contribution in [0.3, 0.4) is 0 Å². The minimum atomic E-state index is 0.0549. The summed E-state index contributed by atoms with van der Waals surface area (Å²) in [6.45, 7) is 4.19. The van der Waals surface area contributed by atoms with E-state index in [9.17, 15) is 4.79 Å². The van der Waals surface area contributed by atoms with Crippen molar-refractivity contribution in [3.8, 4) is 0 Å². The molecule has 0 N–H and O–H groups in total. The minimum absolute atomic E-state index is 0.0549. The molecule has 0 saturated heterocycles. The first kappa shape index (κ1) is 14.1. The summed E-state index contributed by atoms with van der Waals surface area (Å²) in [7, 11) is 0. The molecule has 0 saturated carbocycles. The molecule has 19 heavy (non-hydrogen) atoms. The van der Waals surface area contributed by atoms with Crippen molar-refractivity contribution in [1.82, 2.24) is 0 Å². The number of rotatable bonds is 6. The smallest absolute Gasteiger partial charge is 0.201 e. The van der Waals surface area contributed by atoms with Crippen LogP contribution in [-0.2, 0) is 0 Å². The van der Waals surface area contributed by atoms with E-state index in [0.717, 1.165) is 31.1 Å². The van der Waals surface area contributed by atoms with Crippen LogP contribution in [0, 0.1) is 5.92 Å². The quantitative estimate of drug-likeness (QED) is 0.655. The fraction of sp³-hybridized carbons (Fsp3) is 0.438. The third kappa shape index (κ3) is 3.01. The number of carbonyl (C=O) groups excluding carboxylic acids is 1. The van der Waals surface area contributed by atoms with Gasteiger partial charge in [0.25, 0.3) is 0 Å². The second-order valence-electron chi connectivity index (χ2n) is 4.88. The highest BCUT2D eigenvalue weighted by atomic mass is 35.5. The molecule has 2 nitrogen and oxygen atoms in total. The van der Waals surface area contributed by atoms with Crippen LogP contribution >= 0.6 is 11.6 Å². The maximum atomic E-state index is 12.4. The number of carbonyl (C=O) groups is 1. The van der Waals surface area contributed by atoms with Crippen LogP contribution in [0.1, 0.15) is 50.1 Å². The topological polar surface area (TPSA) is 30.2 Å². The number of benzene rings is 1. The first-order valence-corrected chi connectivity index (χ1v) is 7.27. The van der Waals surface area contributed by atoms with Gasteiger partial charge >= 0.3 is 0 Å². The monoisotopic (exact) mass is 278 g/mol. The molecule has 1 unspecified atom stereocenters. The predicted octanol–water partition coefficient (Wildman–Crippen LogP) is 5.49. The molecule has 1 heterocycles. The van der Waals surface area contributed by atoms with E-state index in [2.05, 4.69) is 6.92 Å². The third-order valence-corrected chi connectivity index (χ3v) is 3.81. The Kier molecular flexibility index (Phi) is 4.65. The van der Waals surface area contributed by atoms with Crippen LogP contribution in [0.2, 0.25) is 5.02 Å². The summed E-state index contributed by atoms with van der Waals surface area (Å²) in [6.07, 6.45) is 3.96. The highest BCUT2D eigenvalue weighted by Crippen LogP contribution is 2.29. The van der Waals surface area contributed by atoms with E-state index in [1.54, 1.807) is 12.1 Å². The Morgan fingerprint density at radius 1 is 1.37 bits per heavy atom. The number of Topliss-reactive ketones (excluding diaryl/α,β-unsaturated/α-hetero) is 1. The van der Waals surface area contributed by atoms with Gasteiger partial charge in [0.1, 0.15) is 0 Å². The zero-order valence-electron chi connectivity index (χ0n) is 11.4. The third-order valence-electron chi connectivity index (χ3n) is 3.51. The molecule has 0 aliphatic heterocycles. The molecule has 1 aromatic carbocycles. The SMILES string of the molecule is CCCCC(CC)C(=O)c1cc2cccc(Cl)c2o1. The zero-order chi connectivity index (χ0) is 13.8. The lowest BCUT2D eigenvalue weighted by Gasteiger charge is -2.10. The van der Waals surface area contributed by atoms with Crippen LogP contribution in [0.15, 0.2) is 28.7 Å². The van der Waals surface area contributed by atoms with Crippen molar-refractivity contribution < 1.29 is 9.21 Å². The molecule has 0 aliphatic rings. The molecule has 3 heteroatoms. The fourth-order valence-corrected chi connectivity index (χ4v) is 2.54. The summed E-state index contributed by atoms with van der Waals surface area (Å²) in [4.78, 5) is 12.4. The number of furan rings is 1. The van der Waals surface area contributed by atoms with E-state index >= 15 is 0 Å². The molecule has 0 radical (unpaired) electrons. The van der Waals surface area contributed by atoms with Gasteiger partial charge in [0.2, 0.25) is 5.78 Å². The van der Waals surface area contributed by atoms with Gasteiger partial charge in [-0.25, -0.2) is 0 Å². The molecular weight excluding hydrogens is 260 g/mol. The van der Waals surface area contributed by atoms with Crippen molar-refractivity contribution >= 4 is 28.4 Å². The van der Waals surface area contributed by atoms with Gasteiger partial charge in [-0.05, 0) is 25.0 Å². The van der Waals surface area contributed by atoms with E-state index in [-0.39, 0.29) is 11.7 Å². The molecule has 0 amide bonds. The minimum Gasteiger partial charge on any atom is -0.451 e. The summed E-state index contributed by atoms with van der Waals surface area (Å²) in [6, 6.07) is 7.35. The van der Waals surface area contributed by atoms with Crippen molar-refractivity contribution in [2.45, 2.75) is 39.5 Å². The van der Waals surface area contributed by atoms with Gasteiger partial charge in [0.15, 0.2) is 11.3 Å². The molecule has 102 valence electrons. The van der Waals surface area contributed by atoms with Gasteiger partial charge < -0.3 is 4.42 Å². The molecule has 2 rings (SSSR count). The maximum absolute atomic E-state index is 12.4. The standard InChI is InChI=1S/C16H19ClO2/c1-3-5-7-11(4-2)15(18)14-10-12-8-6-9-13(17)16(12)19-14/h6,8-11H,3-5,7H2,1-2H3. The summed E-state index contributed by atoms with van der Waals surface area (Å²) < 4.78 is 5.64. The first-order valence-electron chi connectivity index (χ1n) is 6.89. The van der Waals surface area contributed by atoms with Gasteiger partial charge in [-0.1, -0.05) is 50.4 Å². The Bertz CT molecular complexity index is 571. The van der Waals surface area contributed by atoms with Gasteiger partial charge in [0.05, 0.1) is 5.02 Å². The number of halogens is 1. The Hall–Kier alpha value is -1.28. The summed E-state index contributed by atoms with van der Waals surface area (Å²) in [5.41, 5.74) is 0.609. The molecule has 0 fully saturated rings. The molecule has 0 spiro atoms. The van der Waals surface area contributed by atoms with Gasteiger partial charge in [-0.3, -0.25) is 4.79 Å².